The maximum Gasteiger partial charge on any atom is 0.302 e. The van der Waals surface area contributed by atoms with Crippen molar-refractivity contribution in [3.05, 3.63) is 23.8 Å². The summed E-state index contributed by atoms with van der Waals surface area (Å²) in [7, 11) is 0. The van der Waals surface area contributed by atoms with Crippen molar-refractivity contribution >= 4 is 11.8 Å². The van der Waals surface area contributed by atoms with E-state index < -0.39 is 0 Å². The molecule has 4 rings (SSSR count). The van der Waals surface area contributed by atoms with Crippen LogP contribution in [0.3, 0.4) is 0 Å². The second-order valence-electron chi connectivity index (χ2n) is 12.8. The largest absolute Gasteiger partial charge is 0.463 e. The van der Waals surface area contributed by atoms with Gasteiger partial charge in [-0.2, -0.15) is 0 Å². The molecule has 3 fully saturated rings. The monoisotopic (exact) mass is 454 g/mol. The smallest absolute Gasteiger partial charge is 0.302 e. The molecule has 0 N–H and O–H groups in total. The van der Waals surface area contributed by atoms with Crippen LogP contribution in [0, 0.1) is 52.3 Å². The second-order valence-corrected chi connectivity index (χ2v) is 12.8. The molecular formula is C30H46O3. The number of hydrogen-bond acceptors (Lipinski definition) is 3. The van der Waals surface area contributed by atoms with E-state index in [0.717, 1.165) is 12.8 Å². The Hall–Kier alpha value is -1.38. The number of rotatable bonds is 5. The summed E-state index contributed by atoms with van der Waals surface area (Å²) in [6.07, 6.45) is 14.5. The molecule has 3 heteroatoms. The van der Waals surface area contributed by atoms with Gasteiger partial charge >= 0.3 is 5.97 Å². The molecule has 3 nitrogen and oxygen atoms in total. The van der Waals surface area contributed by atoms with Gasteiger partial charge in [0.05, 0.1) is 0 Å². The standard InChI is InChI=1S/C30H46O3/c1-18(2)19(3)8-9-20(4)24-10-11-25-23-17-28(32)27-16-22(33-21(5)31)12-14-30(27,7)26(23)13-15-29(24,25)6/h8-9,17-20,22,24-27H,10-16H2,1-7H3/b9-8+/t19-,20+,22+,24+,25-,26-,27+,29-,30-/m0/s1. The van der Waals surface area contributed by atoms with E-state index in [2.05, 4.69) is 59.8 Å². The summed E-state index contributed by atoms with van der Waals surface area (Å²) in [5.74, 6) is 3.72. The summed E-state index contributed by atoms with van der Waals surface area (Å²) in [4.78, 5) is 24.9. The number of allylic oxidation sites excluding steroid dienone is 4. The van der Waals surface area contributed by atoms with Crippen molar-refractivity contribution in [2.75, 3.05) is 0 Å². The Kier molecular flexibility index (Phi) is 6.75. The molecule has 33 heavy (non-hydrogen) atoms. The Bertz CT molecular complexity index is 837. The number of esters is 1. The lowest BCUT2D eigenvalue weighted by Gasteiger charge is -2.57. The van der Waals surface area contributed by atoms with Crippen LogP contribution in [0.2, 0.25) is 0 Å². The molecular weight excluding hydrogens is 408 g/mol. The van der Waals surface area contributed by atoms with E-state index in [0.29, 0.717) is 53.1 Å². The predicted octanol–water partition coefficient (Wildman–Crippen LogP) is 7.16. The van der Waals surface area contributed by atoms with Crippen LogP contribution < -0.4 is 0 Å². The van der Waals surface area contributed by atoms with Crippen LogP contribution in [0.15, 0.2) is 23.8 Å². The Labute approximate surface area is 201 Å². The lowest BCUT2D eigenvalue weighted by molar-refractivity contribution is -0.155. The van der Waals surface area contributed by atoms with Crippen molar-refractivity contribution in [2.24, 2.45) is 52.3 Å². The van der Waals surface area contributed by atoms with Gasteiger partial charge < -0.3 is 4.74 Å². The zero-order valence-electron chi connectivity index (χ0n) is 22.0. The maximum absolute atomic E-state index is 13.4. The molecule has 0 bridgehead atoms. The van der Waals surface area contributed by atoms with Crippen LogP contribution in [-0.4, -0.2) is 17.9 Å². The van der Waals surface area contributed by atoms with E-state index in [9.17, 15) is 9.59 Å². The summed E-state index contributed by atoms with van der Waals surface area (Å²) >= 11 is 0. The van der Waals surface area contributed by atoms with Crippen molar-refractivity contribution in [2.45, 2.75) is 99.5 Å². The third-order valence-corrected chi connectivity index (χ3v) is 10.7. The molecule has 0 saturated heterocycles. The zero-order chi connectivity index (χ0) is 24.1. The molecule has 4 aliphatic carbocycles. The van der Waals surface area contributed by atoms with Crippen molar-refractivity contribution in [1.82, 2.24) is 0 Å². The van der Waals surface area contributed by atoms with Crippen LogP contribution in [0.5, 0.6) is 0 Å². The highest BCUT2D eigenvalue weighted by Crippen LogP contribution is 2.66. The normalized spacial score (nSPS) is 42.4. The van der Waals surface area contributed by atoms with Gasteiger partial charge in [-0.05, 0) is 97.4 Å². The fourth-order valence-corrected chi connectivity index (χ4v) is 8.28. The molecule has 0 unspecified atom stereocenters. The summed E-state index contributed by atoms with van der Waals surface area (Å²) in [5.41, 5.74) is 1.80. The molecule has 9 atom stereocenters. The van der Waals surface area contributed by atoms with Gasteiger partial charge in [-0.15, -0.1) is 0 Å². The first-order chi connectivity index (χ1) is 15.5. The minimum atomic E-state index is -0.223. The van der Waals surface area contributed by atoms with Gasteiger partial charge in [-0.1, -0.05) is 59.3 Å². The molecule has 0 aromatic heterocycles. The van der Waals surface area contributed by atoms with Gasteiger partial charge in [-0.3, -0.25) is 9.59 Å². The number of fused-ring (bicyclic) bond motifs is 5. The zero-order valence-corrected chi connectivity index (χ0v) is 22.0. The summed E-state index contributed by atoms with van der Waals surface area (Å²) in [5, 5.41) is 0. The van der Waals surface area contributed by atoms with Crippen LogP contribution in [-0.2, 0) is 14.3 Å². The summed E-state index contributed by atoms with van der Waals surface area (Å²) < 4.78 is 5.53. The van der Waals surface area contributed by atoms with E-state index >= 15 is 0 Å². The van der Waals surface area contributed by atoms with Crippen molar-refractivity contribution in [1.29, 1.82) is 0 Å². The number of ketones is 1. The average Bonchev–Trinajstić information content (AvgIpc) is 3.10. The van der Waals surface area contributed by atoms with Gasteiger partial charge in [0.15, 0.2) is 5.78 Å². The SMILES string of the molecule is CC(=O)O[C@@H]1CC[C@]2(C)[C@H](C1)C(=O)C=C1[C@@H]3CC[C@H]([C@H](C)/C=C/[C@H](C)C(C)C)[C@]3(C)CC[C@@H]12. The van der Waals surface area contributed by atoms with Gasteiger partial charge in [0.2, 0.25) is 0 Å². The highest BCUT2D eigenvalue weighted by Gasteiger charge is 2.59. The van der Waals surface area contributed by atoms with Gasteiger partial charge in [0.1, 0.15) is 6.10 Å². The molecule has 0 amide bonds. The number of hydrogen-bond donors (Lipinski definition) is 0. The van der Waals surface area contributed by atoms with Gasteiger partial charge in [0, 0.05) is 12.8 Å². The van der Waals surface area contributed by atoms with Crippen LogP contribution in [0.4, 0.5) is 0 Å². The van der Waals surface area contributed by atoms with E-state index in [4.69, 9.17) is 4.74 Å². The average molecular weight is 455 g/mol. The minimum Gasteiger partial charge on any atom is -0.463 e. The fourth-order valence-electron chi connectivity index (χ4n) is 8.28. The molecule has 184 valence electrons. The first kappa shape index (κ1) is 24.7. The fraction of sp³-hybridized carbons (Fsp3) is 0.800. The number of ether oxygens (including phenoxy) is 1. The molecule has 0 radical (unpaired) electrons. The van der Waals surface area contributed by atoms with E-state index in [-0.39, 0.29) is 23.4 Å². The lowest BCUT2D eigenvalue weighted by atomic mass is 9.47. The molecule has 0 aromatic carbocycles. The predicted molar refractivity (Wildman–Crippen MR) is 133 cm³/mol. The molecule has 0 aromatic rings. The van der Waals surface area contributed by atoms with Crippen LogP contribution >= 0.6 is 0 Å². The highest BCUT2D eigenvalue weighted by molar-refractivity contribution is 5.94. The molecule has 3 saturated carbocycles. The second kappa shape index (κ2) is 9.00. The van der Waals surface area contributed by atoms with E-state index in [1.165, 1.54) is 38.2 Å². The Morgan fingerprint density at radius 2 is 1.64 bits per heavy atom. The summed E-state index contributed by atoms with van der Waals surface area (Å²) in [6.45, 7) is 15.7. The van der Waals surface area contributed by atoms with E-state index in [1.807, 2.05) is 0 Å². The Balaban J connectivity index is 1.56. The molecule has 4 aliphatic rings. The van der Waals surface area contributed by atoms with Crippen molar-refractivity contribution in [3.8, 4) is 0 Å². The Morgan fingerprint density at radius 1 is 0.970 bits per heavy atom. The van der Waals surface area contributed by atoms with Gasteiger partial charge in [0.25, 0.3) is 0 Å². The van der Waals surface area contributed by atoms with Crippen LogP contribution in [0.25, 0.3) is 0 Å². The van der Waals surface area contributed by atoms with Crippen LogP contribution in [0.1, 0.15) is 93.4 Å². The minimum absolute atomic E-state index is 0.00489. The first-order valence-electron chi connectivity index (χ1n) is 13.6. The molecule has 0 aliphatic heterocycles. The van der Waals surface area contributed by atoms with Gasteiger partial charge in [-0.25, -0.2) is 0 Å². The molecule has 0 spiro atoms. The number of carbonyl (C=O) groups excluding carboxylic acids is 2. The maximum atomic E-state index is 13.4. The first-order valence-corrected chi connectivity index (χ1v) is 13.6. The number of carbonyl (C=O) groups is 2. The quantitative estimate of drug-likeness (QED) is 0.327. The molecule has 0 heterocycles. The van der Waals surface area contributed by atoms with Crippen molar-refractivity contribution < 1.29 is 14.3 Å². The lowest BCUT2D eigenvalue weighted by Crippen LogP contribution is -2.52. The third-order valence-electron chi connectivity index (χ3n) is 10.7. The van der Waals surface area contributed by atoms with Crippen molar-refractivity contribution in [3.63, 3.8) is 0 Å². The highest BCUT2D eigenvalue weighted by atomic mass is 16.5. The third kappa shape index (κ3) is 4.27. The topological polar surface area (TPSA) is 43.4 Å². The summed E-state index contributed by atoms with van der Waals surface area (Å²) in [6, 6.07) is 0. The van der Waals surface area contributed by atoms with E-state index in [1.54, 1.807) is 0 Å². The Morgan fingerprint density at radius 3 is 2.30 bits per heavy atom.